The summed E-state index contributed by atoms with van der Waals surface area (Å²) in [4.78, 5) is 48.2. The Bertz CT molecular complexity index is 1080. The molecule has 3 N–H and O–H groups in total. The van der Waals surface area contributed by atoms with Crippen molar-refractivity contribution in [3.63, 3.8) is 0 Å². The third-order valence-electron chi connectivity index (χ3n) is 5.66. The predicted octanol–water partition coefficient (Wildman–Crippen LogP) is 4.11. The molecule has 1 aliphatic rings. The van der Waals surface area contributed by atoms with Gasteiger partial charge in [0.05, 0.1) is 17.9 Å². The first-order chi connectivity index (χ1) is 16.5. The van der Waals surface area contributed by atoms with E-state index in [0.717, 1.165) is 24.2 Å². The van der Waals surface area contributed by atoms with E-state index in [1.807, 2.05) is 12.1 Å². The number of ether oxygens (including phenoxy) is 1. The largest absolute Gasteiger partial charge is 0.444 e. The number of rotatable bonds is 4. The van der Waals surface area contributed by atoms with Crippen LogP contribution in [0.15, 0.2) is 30.6 Å². The number of nitrogens with one attached hydrogen (secondary N) is 3. The molecule has 0 bridgehead atoms. The molecule has 0 unspecified atom stereocenters. The van der Waals surface area contributed by atoms with Gasteiger partial charge in [-0.05, 0) is 69.7 Å². The lowest BCUT2D eigenvalue weighted by atomic mass is 9.90. The van der Waals surface area contributed by atoms with Crippen LogP contribution >= 0.6 is 0 Å². The van der Waals surface area contributed by atoms with Gasteiger partial charge in [0.25, 0.3) is 0 Å². The minimum Gasteiger partial charge on any atom is -0.444 e. The molecule has 10 nitrogen and oxygen atoms in total. The van der Waals surface area contributed by atoms with Crippen molar-refractivity contribution in [2.24, 2.45) is 5.92 Å². The minimum absolute atomic E-state index is 0.219. The maximum atomic E-state index is 13.2. The van der Waals surface area contributed by atoms with Crippen LogP contribution in [0, 0.1) is 12.8 Å². The molecule has 0 spiro atoms. The predicted molar refractivity (Wildman–Crippen MR) is 134 cm³/mol. The first-order valence-corrected chi connectivity index (χ1v) is 11.7. The molecule has 1 aliphatic heterocycles. The molecule has 188 valence electrons. The van der Waals surface area contributed by atoms with Crippen molar-refractivity contribution in [2.75, 3.05) is 29.5 Å². The summed E-state index contributed by atoms with van der Waals surface area (Å²) in [6.45, 7) is 9.60. The van der Waals surface area contributed by atoms with Crippen LogP contribution in [0.2, 0.25) is 0 Å². The number of hydrogen-bond acceptors (Lipinski definition) is 7. The third kappa shape index (κ3) is 6.91. The van der Waals surface area contributed by atoms with E-state index in [-0.39, 0.29) is 12.0 Å². The number of aryl methyl sites for hydroxylation is 1. The fourth-order valence-electron chi connectivity index (χ4n) is 3.96. The SMILES string of the molecule is CNc1ccc([C@H]2CC[C@H](C)CN2C(=O)C(=O)Nc2cnc(NC(=O)OC(C)(C)C)c(C)c2)cn1. The van der Waals surface area contributed by atoms with E-state index in [2.05, 4.69) is 32.8 Å². The van der Waals surface area contributed by atoms with Gasteiger partial charge in [-0.25, -0.2) is 14.8 Å². The van der Waals surface area contributed by atoms with E-state index in [4.69, 9.17) is 4.74 Å². The first kappa shape index (κ1) is 25.9. The summed E-state index contributed by atoms with van der Waals surface area (Å²) in [5, 5.41) is 8.21. The van der Waals surface area contributed by atoms with Crippen LogP contribution in [0.1, 0.15) is 57.7 Å². The summed E-state index contributed by atoms with van der Waals surface area (Å²) in [5.74, 6) is -0.00694. The summed E-state index contributed by atoms with van der Waals surface area (Å²) < 4.78 is 5.24. The van der Waals surface area contributed by atoms with E-state index in [1.165, 1.54) is 6.20 Å². The molecule has 2 aromatic heterocycles. The Morgan fingerprint density at radius 1 is 1.09 bits per heavy atom. The molecule has 3 amide bonds. The van der Waals surface area contributed by atoms with Gasteiger partial charge in [-0.15, -0.1) is 0 Å². The van der Waals surface area contributed by atoms with Crippen molar-refractivity contribution in [1.29, 1.82) is 0 Å². The van der Waals surface area contributed by atoms with Gasteiger partial charge in [-0.3, -0.25) is 14.9 Å². The Kier molecular flexibility index (Phi) is 7.93. The molecule has 2 atom stereocenters. The Morgan fingerprint density at radius 3 is 2.43 bits per heavy atom. The van der Waals surface area contributed by atoms with E-state index < -0.39 is 23.5 Å². The molecular formula is C25H34N6O4. The molecule has 35 heavy (non-hydrogen) atoms. The molecular weight excluding hydrogens is 448 g/mol. The Balaban J connectivity index is 1.70. The maximum Gasteiger partial charge on any atom is 0.413 e. The lowest BCUT2D eigenvalue weighted by molar-refractivity contribution is -0.146. The Hall–Kier alpha value is -3.69. The average molecular weight is 483 g/mol. The van der Waals surface area contributed by atoms with Crippen LogP contribution < -0.4 is 16.0 Å². The zero-order valence-corrected chi connectivity index (χ0v) is 21.1. The van der Waals surface area contributed by atoms with E-state index in [1.54, 1.807) is 51.9 Å². The number of carbonyl (C=O) groups excluding carboxylic acids is 3. The van der Waals surface area contributed by atoms with E-state index >= 15 is 0 Å². The Labute approximate surface area is 205 Å². The first-order valence-electron chi connectivity index (χ1n) is 11.7. The highest BCUT2D eigenvalue weighted by Crippen LogP contribution is 2.33. The van der Waals surface area contributed by atoms with Crippen LogP contribution in [0.3, 0.4) is 0 Å². The van der Waals surface area contributed by atoms with Crippen molar-refractivity contribution >= 4 is 35.2 Å². The second-order valence-electron chi connectivity index (χ2n) is 9.85. The highest BCUT2D eigenvalue weighted by molar-refractivity contribution is 6.39. The van der Waals surface area contributed by atoms with Gasteiger partial charge in [-0.2, -0.15) is 0 Å². The van der Waals surface area contributed by atoms with Crippen molar-refractivity contribution < 1.29 is 19.1 Å². The number of likely N-dealkylation sites (tertiary alicyclic amines) is 1. The monoisotopic (exact) mass is 482 g/mol. The molecule has 0 aliphatic carbocycles. The van der Waals surface area contributed by atoms with Gasteiger partial charge in [-0.1, -0.05) is 13.0 Å². The maximum absolute atomic E-state index is 13.2. The molecule has 1 saturated heterocycles. The number of anilines is 3. The molecule has 3 rings (SSSR count). The Morgan fingerprint density at radius 2 is 1.83 bits per heavy atom. The lowest BCUT2D eigenvalue weighted by Crippen LogP contribution is -2.46. The topological polar surface area (TPSA) is 126 Å². The number of piperidine rings is 1. The molecule has 2 aromatic rings. The van der Waals surface area contributed by atoms with Crippen molar-refractivity contribution in [2.45, 2.75) is 59.1 Å². The van der Waals surface area contributed by atoms with Gasteiger partial charge in [0.1, 0.15) is 17.2 Å². The number of carbonyl (C=O) groups is 3. The summed E-state index contributed by atoms with van der Waals surface area (Å²) in [7, 11) is 1.79. The van der Waals surface area contributed by atoms with E-state index in [9.17, 15) is 14.4 Å². The van der Waals surface area contributed by atoms with Crippen LogP contribution in [0.4, 0.5) is 22.1 Å². The number of nitrogens with zero attached hydrogens (tertiary/aromatic N) is 3. The average Bonchev–Trinajstić information content (AvgIpc) is 2.79. The molecule has 0 saturated carbocycles. The second-order valence-corrected chi connectivity index (χ2v) is 9.85. The quantitative estimate of drug-likeness (QED) is 0.560. The highest BCUT2D eigenvalue weighted by atomic mass is 16.6. The van der Waals surface area contributed by atoms with Crippen molar-refractivity contribution in [3.8, 4) is 0 Å². The highest BCUT2D eigenvalue weighted by Gasteiger charge is 2.34. The number of amides is 3. The van der Waals surface area contributed by atoms with Crippen molar-refractivity contribution in [1.82, 2.24) is 14.9 Å². The molecule has 1 fully saturated rings. The fraction of sp³-hybridized carbons (Fsp3) is 0.480. The fourth-order valence-corrected chi connectivity index (χ4v) is 3.96. The normalized spacial score (nSPS) is 17.9. The standard InChI is InChI=1S/C25H34N6O4/c1-15-7-9-19(17-8-10-20(26-6)27-12-17)31(14-15)23(33)22(32)29-18-11-16(2)21(28-13-18)30-24(34)35-25(3,4)5/h8,10-13,15,19H,7,9,14H2,1-6H3,(H,26,27)(H,29,32)(H,28,30,34)/t15-,19+/m0/s1. The summed E-state index contributed by atoms with van der Waals surface area (Å²) in [5.41, 5.74) is 1.23. The van der Waals surface area contributed by atoms with Gasteiger partial charge in [0.15, 0.2) is 0 Å². The molecule has 10 heteroatoms. The van der Waals surface area contributed by atoms with Crippen LogP contribution in [-0.4, -0.2) is 52.0 Å². The minimum atomic E-state index is -0.738. The van der Waals surface area contributed by atoms with Crippen molar-refractivity contribution in [3.05, 3.63) is 41.7 Å². The van der Waals surface area contributed by atoms with Gasteiger partial charge in [0, 0.05) is 19.8 Å². The third-order valence-corrected chi connectivity index (χ3v) is 5.66. The summed E-state index contributed by atoms with van der Waals surface area (Å²) >= 11 is 0. The number of aromatic nitrogens is 2. The summed E-state index contributed by atoms with van der Waals surface area (Å²) in [6, 6.07) is 5.21. The van der Waals surface area contributed by atoms with Gasteiger partial charge < -0.3 is 20.3 Å². The zero-order chi connectivity index (χ0) is 25.8. The van der Waals surface area contributed by atoms with E-state index in [0.29, 0.717) is 23.6 Å². The summed E-state index contributed by atoms with van der Waals surface area (Å²) in [6.07, 6.45) is 4.23. The van der Waals surface area contributed by atoms with Crippen LogP contribution in [-0.2, 0) is 14.3 Å². The number of pyridine rings is 2. The lowest BCUT2D eigenvalue weighted by Gasteiger charge is -2.38. The molecule has 0 radical (unpaired) electrons. The molecule has 3 heterocycles. The number of hydrogen-bond donors (Lipinski definition) is 3. The smallest absolute Gasteiger partial charge is 0.413 e. The zero-order valence-electron chi connectivity index (χ0n) is 21.1. The van der Waals surface area contributed by atoms with Gasteiger partial charge >= 0.3 is 17.9 Å². The van der Waals surface area contributed by atoms with Gasteiger partial charge in [0.2, 0.25) is 0 Å². The second kappa shape index (κ2) is 10.7. The molecule has 0 aromatic carbocycles. The van der Waals surface area contributed by atoms with Crippen LogP contribution in [0.25, 0.3) is 0 Å². The van der Waals surface area contributed by atoms with Crippen LogP contribution in [0.5, 0.6) is 0 Å².